The number of carbonyl (C=O) groups excluding carboxylic acids is 2. The van der Waals surface area contributed by atoms with Crippen LogP contribution in [0.25, 0.3) is 6.08 Å². The third-order valence-corrected chi connectivity index (χ3v) is 18.6. The topological polar surface area (TPSA) is 150 Å². The van der Waals surface area contributed by atoms with Gasteiger partial charge in [-0.2, -0.15) is 0 Å². The van der Waals surface area contributed by atoms with Gasteiger partial charge in [-0.1, -0.05) is 61.5 Å². The smallest absolute Gasteiger partial charge is 0.335 e. The van der Waals surface area contributed by atoms with E-state index in [0.29, 0.717) is 5.56 Å². The van der Waals surface area contributed by atoms with Crippen LogP contribution in [-0.4, -0.2) is 88.1 Å². The zero-order chi connectivity index (χ0) is 32.4. The number of fused-ring (bicyclic) bond motifs is 1. The van der Waals surface area contributed by atoms with E-state index < -0.39 is 65.7 Å². The number of aliphatic hydroxyl groups excluding tert-OH is 3. The van der Waals surface area contributed by atoms with Gasteiger partial charge < -0.3 is 42.5 Å². The highest BCUT2D eigenvalue weighted by Gasteiger charge is 2.65. The highest BCUT2D eigenvalue weighted by molar-refractivity contribution is 6.84. The number of carbonyl (C=O) groups is 2. The number of rotatable bonds is 9. The van der Waals surface area contributed by atoms with E-state index in [9.17, 15) is 24.9 Å². The molecule has 0 bridgehead atoms. The third-order valence-electron chi connectivity index (χ3n) is 8.30. The number of ether oxygens (including phenoxy) is 3. The number of esters is 2. The van der Waals surface area contributed by atoms with Crippen molar-refractivity contribution in [1.29, 1.82) is 0 Å². The summed E-state index contributed by atoms with van der Waals surface area (Å²) in [6.07, 6.45) is -5.74. The molecule has 1 aliphatic carbocycles. The van der Waals surface area contributed by atoms with Gasteiger partial charge in [-0.3, -0.25) is 4.79 Å². The molecule has 0 spiro atoms. The minimum Gasteiger partial charge on any atom is -0.493 e. The second kappa shape index (κ2) is 13.9. The van der Waals surface area contributed by atoms with E-state index in [4.69, 9.17) is 27.2 Å². The van der Waals surface area contributed by atoms with Crippen molar-refractivity contribution in [3.8, 4) is 11.5 Å². The Morgan fingerprint density at radius 1 is 0.814 bits per heavy atom. The van der Waals surface area contributed by atoms with Crippen molar-refractivity contribution >= 4 is 35.1 Å². The van der Waals surface area contributed by atoms with Gasteiger partial charge in [-0.15, -0.1) is 0 Å². The lowest BCUT2D eigenvalue weighted by Crippen LogP contribution is -2.67. The molecule has 1 saturated carbocycles. The lowest BCUT2D eigenvalue weighted by molar-refractivity contribution is -0.224. The molecule has 3 rings (SSSR count). The fourth-order valence-electron chi connectivity index (χ4n) is 6.02. The van der Waals surface area contributed by atoms with Crippen molar-refractivity contribution in [2.75, 3.05) is 7.11 Å². The molecule has 11 nitrogen and oxygen atoms in total. The molecule has 1 aromatic carbocycles. The Morgan fingerprint density at radius 2 is 1.33 bits per heavy atom. The molecular weight excluding hydrogens is 592 g/mol. The van der Waals surface area contributed by atoms with E-state index in [-0.39, 0.29) is 33.7 Å². The monoisotopic (exact) mass is 640 g/mol. The zero-order valence-electron chi connectivity index (χ0n) is 26.8. The molecule has 1 saturated heterocycles. The molecule has 0 aromatic heterocycles. The maximum atomic E-state index is 12.9. The van der Waals surface area contributed by atoms with Crippen LogP contribution in [0.2, 0.25) is 22.2 Å². The first-order valence-corrected chi connectivity index (χ1v) is 18.8. The van der Waals surface area contributed by atoms with E-state index >= 15 is 0 Å². The number of hydrogen-bond donors (Lipinski definition) is 3. The third kappa shape index (κ3) is 7.09. The molecule has 0 unspecified atom stereocenters. The summed E-state index contributed by atoms with van der Waals surface area (Å²) in [5.74, 6) is -0.842. The first-order valence-electron chi connectivity index (χ1n) is 14.9. The molecule has 43 heavy (non-hydrogen) atoms. The van der Waals surface area contributed by atoms with Crippen LogP contribution in [0.4, 0.5) is 0 Å². The number of benzene rings is 1. The molecule has 1 heterocycles. The van der Waals surface area contributed by atoms with Crippen LogP contribution >= 0.6 is 0 Å². The summed E-state index contributed by atoms with van der Waals surface area (Å²) in [6.45, 7) is 17.5. The Hall–Kier alpha value is -2.11. The fourth-order valence-corrected chi connectivity index (χ4v) is 17.3. The molecule has 242 valence electrons. The quantitative estimate of drug-likeness (QED) is 0.156. The fraction of sp³-hybridized carbons (Fsp3) is 0.667. The molecule has 13 heteroatoms. The minimum atomic E-state index is -3.12. The van der Waals surface area contributed by atoms with Gasteiger partial charge in [-0.25, -0.2) is 4.79 Å². The van der Waals surface area contributed by atoms with Crippen LogP contribution in [0.1, 0.15) is 67.9 Å². The van der Waals surface area contributed by atoms with Gasteiger partial charge in [0.25, 0.3) is 0 Å². The molecule has 0 amide bonds. The molecule has 6 atom stereocenters. The molecule has 1 aliphatic heterocycles. The van der Waals surface area contributed by atoms with Crippen molar-refractivity contribution in [2.24, 2.45) is 0 Å². The summed E-state index contributed by atoms with van der Waals surface area (Å²) in [5.41, 5.74) is 0.471. The normalized spacial score (nSPS) is 28.7. The standard InChI is InChI=1S/C30H48O11Si2/c1-16(2)42(17(3)4)39-29-26(34)25(33)28(27(35)30(29)40-43(41-42,18(5)6)19(7)8)38-24(32)14-12-21-11-13-22(37-20(9)31)23(15-21)36-10/h11-19,25-30,33-35H,1-10H3/b14-12+/t25-,26+,27-,28+,29+,30+/m1/s1. The summed E-state index contributed by atoms with van der Waals surface area (Å²) in [6, 6.07) is 4.71. The van der Waals surface area contributed by atoms with E-state index in [1.54, 1.807) is 12.1 Å². The van der Waals surface area contributed by atoms with Gasteiger partial charge in [0, 0.05) is 13.0 Å². The first kappa shape index (κ1) is 35.4. The van der Waals surface area contributed by atoms with Gasteiger partial charge in [0.15, 0.2) is 17.6 Å². The van der Waals surface area contributed by atoms with E-state index in [1.807, 2.05) is 55.4 Å². The maximum Gasteiger partial charge on any atom is 0.335 e. The number of hydrogen-bond acceptors (Lipinski definition) is 11. The van der Waals surface area contributed by atoms with Crippen molar-refractivity contribution in [2.45, 2.75) is 121 Å². The van der Waals surface area contributed by atoms with Crippen molar-refractivity contribution in [3.63, 3.8) is 0 Å². The van der Waals surface area contributed by atoms with Crippen LogP contribution < -0.4 is 9.47 Å². The second-order valence-corrected chi connectivity index (χ2v) is 21.3. The summed E-state index contributed by atoms with van der Waals surface area (Å²) in [7, 11) is -4.78. The van der Waals surface area contributed by atoms with E-state index in [0.717, 1.165) is 6.08 Å². The summed E-state index contributed by atoms with van der Waals surface area (Å²) >= 11 is 0. The van der Waals surface area contributed by atoms with Gasteiger partial charge in [-0.05, 0) is 45.9 Å². The highest BCUT2D eigenvalue weighted by Crippen LogP contribution is 2.49. The Morgan fingerprint density at radius 3 is 1.79 bits per heavy atom. The number of aliphatic hydroxyl groups is 3. The van der Waals surface area contributed by atoms with Gasteiger partial charge in [0.05, 0.1) is 7.11 Å². The molecule has 0 radical (unpaired) electrons. The molecule has 2 aliphatic rings. The SMILES string of the molecule is COc1cc(/C=C/C(=O)O[C@H]2[C@H](O)[C@H](O)[C@@H]3O[Si](C(C)C)(C(C)C)O[Si](C(C)C)(C(C)C)O[C@H]3[C@@H]2O)ccc1OC(C)=O. The number of methoxy groups -OCH3 is 1. The van der Waals surface area contributed by atoms with E-state index in [2.05, 4.69) is 0 Å². The van der Waals surface area contributed by atoms with Gasteiger partial charge in [0.1, 0.15) is 30.5 Å². The van der Waals surface area contributed by atoms with Crippen molar-refractivity contribution in [1.82, 2.24) is 0 Å². The summed E-state index contributed by atoms with van der Waals surface area (Å²) in [5, 5.41) is 34.0. The predicted molar refractivity (Wildman–Crippen MR) is 164 cm³/mol. The van der Waals surface area contributed by atoms with Crippen LogP contribution in [0, 0.1) is 0 Å². The maximum absolute atomic E-state index is 12.9. The largest absolute Gasteiger partial charge is 0.493 e. The lowest BCUT2D eigenvalue weighted by atomic mass is 9.85. The van der Waals surface area contributed by atoms with Crippen LogP contribution in [0.15, 0.2) is 24.3 Å². The minimum absolute atomic E-state index is 0.0110. The summed E-state index contributed by atoms with van der Waals surface area (Å²) in [4.78, 5) is 24.2. The van der Waals surface area contributed by atoms with E-state index in [1.165, 1.54) is 26.2 Å². The molecular formula is C30H48O11Si2. The first-order chi connectivity index (χ1) is 20.0. The van der Waals surface area contributed by atoms with Crippen LogP contribution in [0.3, 0.4) is 0 Å². The van der Waals surface area contributed by atoms with Crippen molar-refractivity contribution < 1.29 is 52.1 Å². The lowest BCUT2D eigenvalue weighted by Gasteiger charge is -2.46. The Bertz CT molecular complexity index is 1150. The molecule has 3 N–H and O–H groups in total. The predicted octanol–water partition coefficient (Wildman–Crippen LogP) is 3.97. The second-order valence-electron chi connectivity index (χ2n) is 12.5. The highest BCUT2D eigenvalue weighted by atomic mass is 28.5. The van der Waals surface area contributed by atoms with Gasteiger partial charge in [0.2, 0.25) is 0 Å². The zero-order valence-corrected chi connectivity index (χ0v) is 28.8. The molecule has 2 fully saturated rings. The molecule has 1 aromatic rings. The summed E-state index contributed by atoms with van der Waals surface area (Å²) < 4.78 is 36.4. The Labute approximate surface area is 256 Å². The van der Waals surface area contributed by atoms with Crippen LogP contribution in [-0.2, 0) is 27.3 Å². The Kier molecular flexibility index (Phi) is 11.4. The average Bonchev–Trinajstić information content (AvgIpc) is 3.11. The van der Waals surface area contributed by atoms with Gasteiger partial charge >= 0.3 is 29.1 Å². The Balaban J connectivity index is 1.92. The average molecular weight is 641 g/mol. The van der Waals surface area contributed by atoms with Crippen molar-refractivity contribution in [3.05, 3.63) is 29.8 Å². The van der Waals surface area contributed by atoms with Crippen LogP contribution in [0.5, 0.6) is 11.5 Å².